The van der Waals surface area contributed by atoms with Crippen LogP contribution >= 0.6 is 0 Å². The van der Waals surface area contributed by atoms with E-state index in [4.69, 9.17) is 4.74 Å². The number of ether oxygens (including phenoxy) is 1. The molecule has 0 amide bonds. The first-order valence-electron chi connectivity index (χ1n) is 6.13. The minimum absolute atomic E-state index is 0.00253. The summed E-state index contributed by atoms with van der Waals surface area (Å²) < 4.78 is 18.8. The Bertz CT molecular complexity index is 339. The maximum absolute atomic E-state index is 13.3. The minimum Gasteiger partial charge on any atom is -0.490 e. The molecule has 0 spiro atoms. The second-order valence-electron chi connectivity index (χ2n) is 5.06. The predicted molar refractivity (Wildman–Crippen MR) is 68.8 cm³/mol. The van der Waals surface area contributed by atoms with Crippen molar-refractivity contribution in [2.24, 2.45) is 5.41 Å². The van der Waals surface area contributed by atoms with Gasteiger partial charge in [0.1, 0.15) is 0 Å². The Morgan fingerprint density at radius 1 is 1.29 bits per heavy atom. The quantitative estimate of drug-likeness (QED) is 0.738. The van der Waals surface area contributed by atoms with Gasteiger partial charge in [-0.2, -0.15) is 0 Å². The molecule has 0 aliphatic carbocycles. The van der Waals surface area contributed by atoms with Gasteiger partial charge in [-0.25, -0.2) is 4.39 Å². The highest BCUT2D eigenvalue weighted by atomic mass is 19.1. The highest BCUT2D eigenvalue weighted by Gasteiger charge is 2.19. The van der Waals surface area contributed by atoms with Crippen molar-refractivity contribution in [3.05, 3.63) is 30.1 Å². The number of nitrogens with one attached hydrogen (secondary N) is 1. The van der Waals surface area contributed by atoms with E-state index >= 15 is 0 Å². The minimum atomic E-state index is -0.301. The molecule has 0 fully saturated rings. The van der Waals surface area contributed by atoms with E-state index in [0.717, 1.165) is 19.5 Å². The van der Waals surface area contributed by atoms with Gasteiger partial charge in [-0.15, -0.1) is 0 Å². The van der Waals surface area contributed by atoms with E-state index < -0.39 is 0 Å². The van der Waals surface area contributed by atoms with Crippen molar-refractivity contribution in [2.75, 3.05) is 19.7 Å². The van der Waals surface area contributed by atoms with Gasteiger partial charge in [0.25, 0.3) is 0 Å². The van der Waals surface area contributed by atoms with E-state index in [1.54, 1.807) is 18.2 Å². The second kappa shape index (κ2) is 6.60. The SMILES string of the molecule is CCCNCC(C)(C)COc1ccccc1F. The van der Waals surface area contributed by atoms with E-state index in [1.807, 2.05) is 0 Å². The molecule has 0 aromatic heterocycles. The van der Waals surface area contributed by atoms with E-state index in [1.165, 1.54) is 6.07 Å². The van der Waals surface area contributed by atoms with Gasteiger partial charge in [-0.3, -0.25) is 0 Å². The van der Waals surface area contributed by atoms with Crippen LogP contribution < -0.4 is 10.1 Å². The highest BCUT2D eigenvalue weighted by molar-refractivity contribution is 5.23. The van der Waals surface area contributed by atoms with Crippen molar-refractivity contribution in [1.82, 2.24) is 5.32 Å². The van der Waals surface area contributed by atoms with Gasteiger partial charge in [0.05, 0.1) is 6.61 Å². The number of benzene rings is 1. The summed E-state index contributed by atoms with van der Waals surface area (Å²) >= 11 is 0. The van der Waals surface area contributed by atoms with Crippen LogP contribution in [0.2, 0.25) is 0 Å². The van der Waals surface area contributed by atoms with Crippen LogP contribution in [0.25, 0.3) is 0 Å². The Morgan fingerprint density at radius 2 is 2.00 bits per heavy atom. The summed E-state index contributed by atoms with van der Waals surface area (Å²) in [6.45, 7) is 8.73. The summed E-state index contributed by atoms with van der Waals surface area (Å²) in [6, 6.07) is 6.51. The lowest BCUT2D eigenvalue weighted by atomic mass is 9.95. The molecule has 0 saturated carbocycles. The third kappa shape index (κ3) is 5.18. The molecule has 0 heterocycles. The molecule has 2 nitrogen and oxygen atoms in total. The Balaban J connectivity index is 2.41. The van der Waals surface area contributed by atoms with Crippen LogP contribution in [-0.2, 0) is 0 Å². The fourth-order valence-electron chi connectivity index (χ4n) is 1.49. The summed E-state index contributed by atoms with van der Waals surface area (Å²) in [5.41, 5.74) is -0.00253. The largest absolute Gasteiger partial charge is 0.490 e. The lowest BCUT2D eigenvalue weighted by molar-refractivity contribution is 0.171. The van der Waals surface area contributed by atoms with E-state index in [9.17, 15) is 4.39 Å². The number of para-hydroxylation sites is 1. The molecule has 3 heteroatoms. The molecule has 17 heavy (non-hydrogen) atoms. The molecule has 0 radical (unpaired) electrons. The first-order valence-corrected chi connectivity index (χ1v) is 6.13. The number of rotatable bonds is 7. The maximum atomic E-state index is 13.3. The molecule has 0 aliphatic heterocycles. The summed E-state index contributed by atoms with van der Waals surface area (Å²) in [4.78, 5) is 0. The molecule has 0 saturated heterocycles. The van der Waals surface area contributed by atoms with Crippen LogP contribution in [0.1, 0.15) is 27.2 Å². The van der Waals surface area contributed by atoms with Gasteiger partial charge in [0.15, 0.2) is 11.6 Å². The van der Waals surface area contributed by atoms with Crippen molar-refractivity contribution in [2.45, 2.75) is 27.2 Å². The first kappa shape index (κ1) is 14.0. The zero-order valence-corrected chi connectivity index (χ0v) is 10.9. The number of halogens is 1. The molecule has 1 aromatic carbocycles. The highest BCUT2D eigenvalue weighted by Crippen LogP contribution is 2.20. The Labute approximate surface area is 103 Å². The average Bonchev–Trinajstić information content (AvgIpc) is 2.28. The number of hydrogen-bond donors (Lipinski definition) is 1. The predicted octanol–water partition coefficient (Wildman–Crippen LogP) is 3.23. The van der Waals surface area contributed by atoms with Gasteiger partial charge in [-0.05, 0) is 25.1 Å². The standard InChI is InChI=1S/C14H22FNO/c1-4-9-16-10-14(2,3)11-17-13-8-6-5-7-12(13)15/h5-8,16H,4,9-11H2,1-3H3. The van der Waals surface area contributed by atoms with Crippen LogP contribution in [0.4, 0.5) is 4.39 Å². The van der Waals surface area contributed by atoms with Crippen LogP contribution in [0.15, 0.2) is 24.3 Å². The van der Waals surface area contributed by atoms with Gasteiger partial charge < -0.3 is 10.1 Å². The van der Waals surface area contributed by atoms with Crippen molar-refractivity contribution in [3.63, 3.8) is 0 Å². The van der Waals surface area contributed by atoms with Crippen LogP contribution in [0, 0.1) is 11.2 Å². The summed E-state index contributed by atoms with van der Waals surface area (Å²) in [7, 11) is 0. The van der Waals surface area contributed by atoms with Gasteiger partial charge in [-0.1, -0.05) is 32.9 Å². The topological polar surface area (TPSA) is 21.3 Å². The van der Waals surface area contributed by atoms with Crippen molar-refractivity contribution in [3.8, 4) is 5.75 Å². The monoisotopic (exact) mass is 239 g/mol. The summed E-state index contributed by atoms with van der Waals surface area (Å²) in [5.74, 6) is 0.0286. The van der Waals surface area contributed by atoms with Gasteiger partial charge >= 0.3 is 0 Å². The summed E-state index contributed by atoms with van der Waals surface area (Å²) in [5, 5.41) is 3.35. The van der Waals surface area contributed by atoms with Crippen LogP contribution in [0.3, 0.4) is 0 Å². The third-order valence-electron chi connectivity index (χ3n) is 2.49. The average molecular weight is 239 g/mol. The van der Waals surface area contributed by atoms with E-state index in [0.29, 0.717) is 12.4 Å². The molecule has 1 aromatic rings. The summed E-state index contributed by atoms with van der Waals surface area (Å²) in [6.07, 6.45) is 1.12. The molecular formula is C14H22FNO. The fourth-order valence-corrected chi connectivity index (χ4v) is 1.49. The first-order chi connectivity index (χ1) is 8.05. The Morgan fingerprint density at radius 3 is 2.65 bits per heavy atom. The fraction of sp³-hybridized carbons (Fsp3) is 0.571. The molecule has 0 aliphatic rings. The smallest absolute Gasteiger partial charge is 0.165 e. The lowest BCUT2D eigenvalue weighted by Crippen LogP contribution is -2.34. The van der Waals surface area contributed by atoms with Crippen molar-refractivity contribution >= 4 is 0 Å². The molecule has 1 N–H and O–H groups in total. The van der Waals surface area contributed by atoms with E-state index in [-0.39, 0.29) is 11.2 Å². The Hall–Kier alpha value is -1.09. The van der Waals surface area contributed by atoms with Crippen LogP contribution in [-0.4, -0.2) is 19.7 Å². The van der Waals surface area contributed by atoms with Crippen molar-refractivity contribution in [1.29, 1.82) is 0 Å². The molecule has 96 valence electrons. The molecule has 1 rings (SSSR count). The van der Waals surface area contributed by atoms with Crippen LogP contribution in [0.5, 0.6) is 5.75 Å². The zero-order chi connectivity index (χ0) is 12.7. The lowest BCUT2D eigenvalue weighted by Gasteiger charge is -2.25. The molecule has 0 bridgehead atoms. The van der Waals surface area contributed by atoms with E-state index in [2.05, 4.69) is 26.1 Å². The second-order valence-corrected chi connectivity index (χ2v) is 5.06. The number of hydrogen-bond acceptors (Lipinski definition) is 2. The molecular weight excluding hydrogens is 217 g/mol. The van der Waals surface area contributed by atoms with Gasteiger partial charge in [0, 0.05) is 12.0 Å². The van der Waals surface area contributed by atoms with Crippen molar-refractivity contribution < 1.29 is 9.13 Å². The maximum Gasteiger partial charge on any atom is 0.165 e. The molecule has 0 atom stereocenters. The third-order valence-corrected chi connectivity index (χ3v) is 2.49. The normalized spacial score (nSPS) is 11.5. The zero-order valence-electron chi connectivity index (χ0n) is 10.9. The molecule has 0 unspecified atom stereocenters. The van der Waals surface area contributed by atoms with Gasteiger partial charge in [0.2, 0.25) is 0 Å². The Kier molecular flexibility index (Phi) is 5.42.